The molecule has 8 nitrogen and oxygen atoms in total. The summed E-state index contributed by atoms with van der Waals surface area (Å²) in [6, 6.07) is 14.3. The number of nitrogens with zero attached hydrogens (tertiary/aromatic N) is 3. The average Bonchev–Trinajstić information content (AvgIpc) is 3.40. The molecule has 1 fully saturated rings. The number of fused-ring (bicyclic) bond motifs is 1. The number of nitrogens with one attached hydrogen (secondary N) is 1. The van der Waals surface area contributed by atoms with Crippen molar-refractivity contribution in [2.75, 3.05) is 19.7 Å². The van der Waals surface area contributed by atoms with E-state index in [1.807, 2.05) is 49.1 Å². The lowest BCUT2D eigenvalue weighted by Gasteiger charge is -2.22. The van der Waals surface area contributed by atoms with Crippen LogP contribution in [0.2, 0.25) is 0 Å². The van der Waals surface area contributed by atoms with Gasteiger partial charge in [0.2, 0.25) is 5.91 Å². The molecule has 0 radical (unpaired) electrons. The largest absolute Gasteiger partial charge is 0.483 e. The maximum Gasteiger partial charge on any atom is 0.275 e. The molecule has 34 heavy (non-hydrogen) atoms. The summed E-state index contributed by atoms with van der Waals surface area (Å²) in [4.78, 5) is 39.9. The van der Waals surface area contributed by atoms with E-state index in [-0.39, 0.29) is 36.6 Å². The minimum atomic E-state index is -0.331. The van der Waals surface area contributed by atoms with Gasteiger partial charge in [0.25, 0.3) is 11.5 Å². The Morgan fingerprint density at radius 3 is 2.47 bits per heavy atom. The summed E-state index contributed by atoms with van der Waals surface area (Å²) in [7, 11) is 0. The predicted molar refractivity (Wildman–Crippen MR) is 130 cm³/mol. The number of carbonyl (C=O) groups is 2. The molecule has 2 aromatic carbocycles. The summed E-state index contributed by atoms with van der Waals surface area (Å²) >= 11 is 0. The highest BCUT2D eigenvalue weighted by Crippen LogP contribution is 2.27. The van der Waals surface area contributed by atoms with Crippen LogP contribution in [0.4, 0.5) is 0 Å². The zero-order chi connectivity index (χ0) is 24.1. The van der Waals surface area contributed by atoms with Crippen LogP contribution in [0.15, 0.2) is 53.3 Å². The lowest BCUT2D eigenvalue weighted by Crippen LogP contribution is -2.36. The Balaban J connectivity index is 1.47. The van der Waals surface area contributed by atoms with Gasteiger partial charge in [-0.2, -0.15) is 5.10 Å². The maximum atomic E-state index is 12.9. The monoisotopic (exact) mass is 462 g/mol. The Morgan fingerprint density at radius 2 is 1.74 bits per heavy atom. The molecule has 1 saturated heterocycles. The molecule has 0 aliphatic carbocycles. The number of ether oxygens (including phenoxy) is 1. The second kappa shape index (κ2) is 10.5. The Hall–Kier alpha value is -3.68. The van der Waals surface area contributed by atoms with Crippen molar-refractivity contribution in [1.82, 2.24) is 20.0 Å². The molecule has 0 saturated carbocycles. The van der Waals surface area contributed by atoms with Crippen LogP contribution < -0.4 is 15.6 Å². The normalized spacial score (nSPS) is 14.2. The van der Waals surface area contributed by atoms with Crippen molar-refractivity contribution in [2.24, 2.45) is 0 Å². The number of hydrogen-bond acceptors (Lipinski definition) is 5. The van der Waals surface area contributed by atoms with E-state index >= 15 is 0 Å². The first kappa shape index (κ1) is 23.5. The van der Waals surface area contributed by atoms with Gasteiger partial charge in [0.15, 0.2) is 6.61 Å². The molecule has 2 heterocycles. The Labute approximate surface area is 198 Å². The Kier molecular flexibility index (Phi) is 7.25. The molecular weight excluding hydrogens is 432 g/mol. The molecule has 4 rings (SSSR count). The van der Waals surface area contributed by atoms with Crippen LogP contribution in [-0.4, -0.2) is 46.2 Å². The van der Waals surface area contributed by atoms with Crippen LogP contribution >= 0.6 is 0 Å². The van der Waals surface area contributed by atoms with E-state index in [0.29, 0.717) is 23.3 Å². The molecule has 0 bridgehead atoms. The van der Waals surface area contributed by atoms with Crippen LogP contribution in [0.1, 0.15) is 43.5 Å². The molecule has 1 aliphatic heterocycles. The second-order valence-electron chi connectivity index (χ2n) is 8.54. The van der Waals surface area contributed by atoms with E-state index in [1.54, 1.807) is 18.2 Å². The molecule has 178 valence electrons. The molecule has 1 aromatic heterocycles. The number of benzene rings is 2. The quantitative estimate of drug-likeness (QED) is 0.556. The fourth-order valence-electron chi connectivity index (χ4n) is 4.38. The average molecular weight is 463 g/mol. The lowest BCUT2D eigenvalue weighted by atomic mass is 10.0. The highest BCUT2D eigenvalue weighted by atomic mass is 16.5. The lowest BCUT2D eigenvalue weighted by molar-refractivity contribution is -0.132. The van der Waals surface area contributed by atoms with Gasteiger partial charge in [0, 0.05) is 24.0 Å². The van der Waals surface area contributed by atoms with Gasteiger partial charge in [-0.25, -0.2) is 4.68 Å². The van der Waals surface area contributed by atoms with Crippen molar-refractivity contribution in [3.63, 3.8) is 0 Å². The Bertz CT molecular complexity index is 1250. The molecule has 1 N–H and O–H groups in total. The van der Waals surface area contributed by atoms with Crippen LogP contribution in [0.5, 0.6) is 5.75 Å². The van der Waals surface area contributed by atoms with Gasteiger partial charge < -0.3 is 15.0 Å². The number of likely N-dealkylation sites (tertiary alicyclic amines) is 1. The van der Waals surface area contributed by atoms with Gasteiger partial charge in [0.05, 0.1) is 17.1 Å². The third kappa shape index (κ3) is 5.11. The number of carbonyl (C=O) groups excluding carboxylic acids is 2. The van der Waals surface area contributed by atoms with Gasteiger partial charge in [0.1, 0.15) is 12.3 Å². The topological polar surface area (TPSA) is 93.5 Å². The first-order chi connectivity index (χ1) is 16.5. The summed E-state index contributed by atoms with van der Waals surface area (Å²) in [6.07, 6.45) is 2.67. The summed E-state index contributed by atoms with van der Waals surface area (Å²) in [5.41, 5.74) is 1.19. The third-order valence-electron chi connectivity index (χ3n) is 6.19. The number of para-hydroxylation sites is 1. The van der Waals surface area contributed by atoms with Crippen LogP contribution in [0.25, 0.3) is 10.8 Å². The van der Waals surface area contributed by atoms with E-state index in [2.05, 4.69) is 10.4 Å². The summed E-state index contributed by atoms with van der Waals surface area (Å²) in [5, 5.41) is 8.64. The van der Waals surface area contributed by atoms with Crippen molar-refractivity contribution in [3.8, 4) is 5.75 Å². The van der Waals surface area contributed by atoms with E-state index in [4.69, 9.17) is 4.74 Å². The number of rotatable bonds is 8. The molecule has 1 atom stereocenters. The standard InChI is InChI=1S/C26H30N4O4/c1-3-22(21-12-6-7-13-23(21)34-17-25(32)29-14-8-9-15-29)27-24(31)16-30-26(33)20-11-5-4-10-19(20)18(2)28-30/h4-7,10-13,22H,3,8-9,14-17H2,1-2H3,(H,27,31). The van der Waals surface area contributed by atoms with Crippen LogP contribution in [0.3, 0.4) is 0 Å². The molecule has 2 amide bonds. The molecule has 0 spiro atoms. The second-order valence-corrected chi connectivity index (χ2v) is 8.54. The van der Waals surface area contributed by atoms with E-state index in [0.717, 1.165) is 36.9 Å². The van der Waals surface area contributed by atoms with Gasteiger partial charge in [-0.3, -0.25) is 14.4 Å². The van der Waals surface area contributed by atoms with Crippen molar-refractivity contribution >= 4 is 22.6 Å². The highest BCUT2D eigenvalue weighted by molar-refractivity contribution is 5.84. The minimum Gasteiger partial charge on any atom is -0.483 e. The molecular formula is C26H30N4O4. The first-order valence-corrected chi connectivity index (χ1v) is 11.7. The number of amides is 2. The highest BCUT2D eigenvalue weighted by Gasteiger charge is 2.21. The molecule has 3 aromatic rings. The van der Waals surface area contributed by atoms with Gasteiger partial charge in [-0.05, 0) is 38.3 Å². The van der Waals surface area contributed by atoms with Crippen LogP contribution in [0, 0.1) is 6.92 Å². The van der Waals surface area contributed by atoms with E-state index < -0.39 is 0 Å². The Morgan fingerprint density at radius 1 is 1.06 bits per heavy atom. The summed E-state index contributed by atoms with van der Waals surface area (Å²) in [5.74, 6) is 0.222. The van der Waals surface area contributed by atoms with Gasteiger partial charge in [-0.1, -0.05) is 43.3 Å². The van der Waals surface area contributed by atoms with Crippen molar-refractivity contribution < 1.29 is 14.3 Å². The fourth-order valence-corrected chi connectivity index (χ4v) is 4.38. The smallest absolute Gasteiger partial charge is 0.275 e. The van der Waals surface area contributed by atoms with E-state index in [9.17, 15) is 14.4 Å². The van der Waals surface area contributed by atoms with Crippen molar-refractivity contribution in [1.29, 1.82) is 0 Å². The first-order valence-electron chi connectivity index (χ1n) is 11.7. The number of hydrogen-bond donors (Lipinski definition) is 1. The third-order valence-corrected chi connectivity index (χ3v) is 6.19. The van der Waals surface area contributed by atoms with Gasteiger partial charge >= 0.3 is 0 Å². The number of aryl methyl sites for hydroxylation is 1. The zero-order valence-electron chi connectivity index (χ0n) is 19.6. The maximum absolute atomic E-state index is 12.9. The molecule has 8 heteroatoms. The summed E-state index contributed by atoms with van der Waals surface area (Å²) < 4.78 is 7.07. The fraction of sp³-hybridized carbons (Fsp3) is 0.385. The number of aromatic nitrogens is 2. The molecule has 1 aliphatic rings. The predicted octanol–water partition coefficient (Wildman–Crippen LogP) is 2.97. The van der Waals surface area contributed by atoms with Crippen molar-refractivity contribution in [2.45, 2.75) is 45.7 Å². The minimum absolute atomic E-state index is 0.0264. The van der Waals surface area contributed by atoms with Crippen molar-refractivity contribution in [3.05, 3.63) is 70.1 Å². The SMILES string of the molecule is CCC(NC(=O)Cn1nc(C)c2ccccc2c1=O)c1ccccc1OCC(=O)N1CCCC1. The van der Waals surface area contributed by atoms with Gasteiger partial charge in [-0.15, -0.1) is 0 Å². The van der Waals surface area contributed by atoms with E-state index in [1.165, 1.54) is 4.68 Å². The van der Waals surface area contributed by atoms with Crippen LogP contribution in [-0.2, 0) is 16.1 Å². The zero-order valence-corrected chi connectivity index (χ0v) is 19.6. The molecule has 1 unspecified atom stereocenters. The summed E-state index contributed by atoms with van der Waals surface area (Å²) in [6.45, 7) is 5.12.